The van der Waals surface area contributed by atoms with Crippen molar-refractivity contribution in [2.45, 2.75) is 25.7 Å². The van der Waals surface area contributed by atoms with E-state index in [1.165, 1.54) is 0 Å². The molecule has 0 aliphatic heterocycles. The lowest BCUT2D eigenvalue weighted by Gasteiger charge is -2.02. The molecular formula is C10H17N5O. The fourth-order valence-corrected chi connectivity index (χ4v) is 1.44. The van der Waals surface area contributed by atoms with Gasteiger partial charge in [0.05, 0.1) is 0 Å². The normalized spacial score (nSPS) is 15.1. The maximum absolute atomic E-state index is 11.6. The Labute approximate surface area is 94.2 Å². The van der Waals surface area contributed by atoms with Crippen molar-refractivity contribution in [1.29, 1.82) is 0 Å². The number of H-pyrrole nitrogens is 1. The van der Waals surface area contributed by atoms with Gasteiger partial charge in [0.1, 0.15) is 5.82 Å². The second-order valence-corrected chi connectivity index (χ2v) is 3.93. The minimum Gasteiger partial charge on any atom is -0.348 e. The van der Waals surface area contributed by atoms with E-state index in [1.54, 1.807) is 0 Å². The van der Waals surface area contributed by atoms with Crippen LogP contribution in [0.3, 0.4) is 0 Å². The van der Waals surface area contributed by atoms with E-state index < -0.39 is 0 Å². The minimum atomic E-state index is -0.207. The number of amides is 1. The Balaban J connectivity index is 1.78. The summed E-state index contributed by atoms with van der Waals surface area (Å²) in [5.74, 6) is 1.38. The number of likely N-dealkylation sites (N-methyl/N-ethyl adjacent to an activating group) is 1. The molecule has 6 nitrogen and oxygen atoms in total. The Bertz CT molecular complexity index is 358. The van der Waals surface area contributed by atoms with Crippen molar-refractivity contribution in [3.05, 3.63) is 11.6 Å². The fraction of sp³-hybridized carbons (Fsp3) is 0.700. The summed E-state index contributed by atoms with van der Waals surface area (Å²) in [7, 11) is 0. The zero-order chi connectivity index (χ0) is 11.4. The third-order valence-corrected chi connectivity index (χ3v) is 2.51. The zero-order valence-electron chi connectivity index (χ0n) is 9.42. The number of nitrogens with one attached hydrogen (secondary N) is 3. The number of rotatable bonds is 6. The van der Waals surface area contributed by atoms with Gasteiger partial charge in [-0.3, -0.25) is 9.89 Å². The molecule has 1 aromatic heterocycles. The van der Waals surface area contributed by atoms with Crippen molar-refractivity contribution in [1.82, 2.24) is 25.8 Å². The minimum absolute atomic E-state index is 0.207. The molecule has 0 unspecified atom stereocenters. The van der Waals surface area contributed by atoms with Gasteiger partial charge in [0.15, 0.2) is 0 Å². The molecule has 1 aromatic rings. The first-order valence-corrected chi connectivity index (χ1v) is 5.72. The molecule has 88 valence electrons. The van der Waals surface area contributed by atoms with E-state index >= 15 is 0 Å². The van der Waals surface area contributed by atoms with Crippen LogP contribution in [0.1, 0.15) is 42.1 Å². The highest BCUT2D eigenvalue weighted by Gasteiger charge is 2.28. The number of carbonyl (C=O) groups is 1. The molecule has 2 rings (SSSR count). The Morgan fingerprint density at radius 1 is 1.50 bits per heavy atom. The average Bonchev–Trinajstić information content (AvgIpc) is 3.02. The lowest BCUT2D eigenvalue weighted by Crippen LogP contribution is -2.32. The van der Waals surface area contributed by atoms with Crippen LogP contribution < -0.4 is 10.6 Å². The number of aromatic nitrogens is 3. The molecule has 0 bridgehead atoms. The van der Waals surface area contributed by atoms with Gasteiger partial charge < -0.3 is 10.6 Å². The van der Waals surface area contributed by atoms with Crippen molar-refractivity contribution in [3.63, 3.8) is 0 Å². The number of hydrogen-bond donors (Lipinski definition) is 3. The van der Waals surface area contributed by atoms with Gasteiger partial charge in [-0.2, -0.15) is 0 Å². The lowest BCUT2D eigenvalue weighted by atomic mass is 10.4. The first-order chi connectivity index (χ1) is 7.81. The van der Waals surface area contributed by atoms with E-state index in [4.69, 9.17) is 0 Å². The van der Waals surface area contributed by atoms with Crippen molar-refractivity contribution >= 4 is 5.91 Å². The van der Waals surface area contributed by atoms with Gasteiger partial charge in [-0.05, 0) is 19.4 Å². The smallest absolute Gasteiger partial charge is 0.291 e. The Kier molecular flexibility index (Phi) is 3.51. The van der Waals surface area contributed by atoms with Crippen LogP contribution in [0, 0.1) is 0 Å². The number of aromatic amines is 1. The summed E-state index contributed by atoms with van der Waals surface area (Å²) in [5.41, 5.74) is 0. The van der Waals surface area contributed by atoms with Gasteiger partial charge in [0, 0.05) is 19.0 Å². The SMILES string of the molecule is CCNCCNC(=O)c1n[nH]c(C2CC2)n1. The van der Waals surface area contributed by atoms with Gasteiger partial charge in [0.2, 0.25) is 5.82 Å². The van der Waals surface area contributed by atoms with Crippen LogP contribution in [-0.4, -0.2) is 40.7 Å². The summed E-state index contributed by atoms with van der Waals surface area (Å²) in [4.78, 5) is 15.8. The lowest BCUT2D eigenvalue weighted by molar-refractivity contribution is 0.0944. The standard InChI is InChI=1S/C10H17N5O/c1-2-11-5-6-12-10(16)9-13-8(14-15-9)7-3-4-7/h7,11H,2-6H2,1H3,(H,12,16)(H,13,14,15). The largest absolute Gasteiger partial charge is 0.348 e. The Morgan fingerprint density at radius 2 is 2.31 bits per heavy atom. The molecule has 0 atom stereocenters. The molecule has 1 fully saturated rings. The topological polar surface area (TPSA) is 82.7 Å². The molecule has 1 aliphatic rings. The van der Waals surface area contributed by atoms with Crippen molar-refractivity contribution in [3.8, 4) is 0 Å². The van der Waals surface area contributed by atoms with Gasteiger partial charge >= 0.3 is 0 Å². The molecule has 1 amide bonds. The molecule has 0 spiro atoms. The van der Waals surface area contributed by atoms with Crippen LogP contribution in [0.25, 0.3) is 0 Å². The first-order valence-electron chi connectivity index (χ1n) is 5.72. The molecular weight excluding hydrogens is 206 g/mol. The highest BCUT2D eigenvalue weighted by atomic mass is 16.2. The number of hydrogen-bond acceptors (Lipinski definition) is 4. The van der Waals surface area contributed by atoms with E-state index in [0.29, 0.717) is 12.5 Å². The summed E-state index contributed by atoms with van der Waals surface area (Å²) in [6.45, 7) is 4.30. The molecule has 16 heavy (non-hydrogen) atoms. The highest BCUT2D eigenvalue weighted by molar-refractivity contribution is 5.90. The quantitative estimate of drug-likeness (QED) is 0.594. The predicted octanol–water partition coefficient (Wildman–Crippen LogP) is 0.0214. The second-order valence-electron chi connectivity index (χ2n) is 3.93. The fourth-order valence-electron chi connectivity index (χ4n) is 1.44. The van der Waals surface area contributed by atoms with Gasteiger partial charge in [-0.1, -0.05) is 6.92 Å². The average molecular weight is 223 g/mol. The zero-order valence-corrected chi connectivity index (χ0v) is 9.42. The molecule has 0 saturated heterocycles. The summed E-state index contributed by atoms with van der Waals surface area (Å²) in [5, 5.41) is 12.6. The van der Waals surface area contributed by atoms with Crippen LogP contribution in [0.15, 0.2) is 0 Å². The van der Waals surface area contributed by atoms with Crippen LogP contribution >= 0.6 is 0 Å². The van der Waals surface area contributed by atoms with Crippen molar-refractivity contribution < 1.29 is 4.79 Å². The summed E-state index contributed by atoms with van der Waals surface area (Å²) in [6, 6.07) is 0. The summed E-state index contributed by atoms with van der Waals surface area (Å²) in [6.07, 6.45) is 2.30. The van der Waals surface area contributed by atoms with Crippen molar-refractivity contribution in [2.75, 3.05) is 19.6 Å². The van der Waals surface area contributed by atoms with E-state index in [1.807, 2.05) is 6.92 Å². The maximum atomic E-state index is 11.6. The Morgan fingerprint density at radius 3 is 3.00 bits per heavy atom. The monoisotopic (exact) mass is 223 g/mol. The van der Waals surface area contributed by atoms with E-state index in [9.17, 15) is 4.79 Å². The predicted molar refractivity (Wildman–Crippen MR) is 59.2 cm³/mol. The maximum Gasteiger partial charge on any atom is 0.291 e. The Hall–Kier alpha value is -1.43. The van der Waals surface area contributed by atoms with Crippen LogP contribution in [0.4, 0.5) is 0 Å². The second kappa shape index (κ2) is 5.07. The molecule has 1 saturated carbocycles. The molecule has 0 radical (unpaired) electrons. The number of nitrogens with zero attached hydrogens (tertiary/aromatic N) is 2. The van der Waals surface area contributed by atoms with Gasteiger partial charge in [-0.15, -0.1) is 5.10 Å². The van der Waals surface area contributed by atoms with Crippen LogP contribution in [-0.2, 0) is 0 Å². The molecule has 0 aromatic carbocycles. The molecule has 3 N–H and O–H groups in total. The van der Waals surface area contributed by atoms with E-state index in [-0.39, 0.29) is 11.7 Å². The third kappa shape index (κ3) is 2.79. The van der Waals surface area contributed by atoms with Gasteiger partial charge in [-0.25, -0.2) is 4.98 Å². The first kappa shape index (κ1) is 11.1. The van der Waals surface area contributed by atoms with Crippen LogP contribution in [0.5, 0.6) is 0 Å². The van der Waals surface area contributed by atoms with E-state index in [2.05, 4.69) is 25.8 Å². The third-order valence-electron chi connectivity index (χ3n) is 2.51. The molecule has 6 heteroatoms. The number of carbonyl (C=O) groups excluding carboxylic acids is 1. The van der Waals surface area contributed by atoms with Crippen molar-refractivity contribution in [2.24, 2.45) is 0 Å². The summed E-state index contributed by atoms with van der Waals surface area (Å²) < 4.78 is 0. The van der Waals surface area contributed by atoms with Gasteiger partial charge in [0.25, 0.3) is 5.91 Å². The highest BCUT2D eigenvalue weighted by Crippen LogP contribution is 2.37. The van der Waals surface area contributed by atoms with Crippen LogP contribution in [0.2, 0.25) is 0 Å². The molecule has 1 heterocycles. The molecule has 1 aliphatic carbocycles. The summed E-state index contributed by atoms with van der Waals surface area (Å²) >= 11 is 0. The van der Waals surface area contributed by atoms with E-state index in [0.717, 1.165) is 31.8 Å².